The van der Waals surface area contributed by atoms with Crippen molar-refractivity contribution >= 4 is 11.3 Å². The molecule has 0 saturated heterocycles. The Hall–Kier alpha value is -0.500. The molecule has 1 heterocycles. The minimum absolute atomic E-state index is 0.493. The molecule has 1 rings (SSSR count). The molecule has 2 heteroatoms. The molecule has 0 spiro atoms. The van der Waals surface area contributed by atoms with Crippen molar-refractivity contribution in [3.8, 4) is 5.75 Å². The Kier molecular flexibility index (Phi) is 0.989. The summed E-state index contributed by atoms with van der Waals surface area (Å²) < 4.78 is 12.0. The highest BCUT2D eigenvalue weighted by Gasteiger charge is 1.82. The third-order valence-electron chi connectivity index (χ3n) is 0.667. The summed E-state index contributed by atoms with van der Waals surface area (Å²) in [6, 6.07) is 1.78. The highest BCUT2D eigenvalue weighted by Crippen LogP contribution is 2.12. The maximum Gasteiger partial charge on any atom is 0.129 e. The first-order chi connectivity index (χ1) is 3.84. The average molecular weight is 115 g/mol. The molecule has 0 aromatic carbocycles. The zero-order chi connectivity index (χ0) is 5.98. The van der Waals surface area contributed by atoms with Crippen LogP contribution in [0.25, 0.3) is 0 Å². The molecular formula is C5H6OS. The van der Waals surface area contributed by atoms with Crippen LogP contribution in [0.15, 0.2) is 16.8 Å². The van der Waals surface area contributed by atoms with Gasteiger partial charge in [-0.25, -0.2) is 0 Å². The Morgan fingerprint density at radius 2 is 2.86 bits per heavy atom. The van der Waals surface area contributed by atoms with Gasteiger partial charge in [0.15, 0.2) is 0 Å². The van der Waals surface area contributed by atoms with Crippen LogP contribution in [0.2, 0.25) is 0 Å². The van der Waals surface area contributed by atoms with Crippen LogP contribution in [0.3, 0.4) is 0 Å². The molecule has 0 aliphatic rings. The maximum absolute atomic E-state index is 7.14. The van der Waals surface area contributed by atoms with Gasteiger partial charge in [-0.2, -0.15) is 0 Å². The second kappa shape index (κ2) is 1.98. The monoisotopic (exact) mass is 115 g/mol. The van der Waals surface area contributed by atoms with Crippen molar-refractivity contribution in [1.82, 2.24) is 0 Å². The van der Waals surface area contributed by atoms with E-state index in [-0.39, 0.29) is 0 Å². The maximum atomic E-state index is 7.14. The number of rotatable bonds is 1. The second-order valence-corrected chi connectivity index (χ2v) is 1.80. The third-order valence-corrected chi connectivity index (χ3v) is 1.26. The molecule has 38 valence electrons. The van der Waals surface area contributed by atoms with E-state index in [1.54, 1.807) is 13.2 Å². The lowest BCUT2D eigenvalue weighted by molar-refractivity contribution is 0.417. The normalized spacial score (nSPS) is 10.7. The van der Waals surface area contributed by atoms with E-state index in [9.17, 15) is 0 Å². The van der Waals surface area contributed by atoms with Crippen molar-refractivity contribution in [1.29, 1.82) is 0 Å². The van der Waals surface area contributed by atoms with Crippen molar-refractivity contribution < 1.29 is 6.11 Å². The van der Waals surface area contributed by atoms with E-state index < -0.39 is 0 Å². The molecule has 0 amide bonds. The zero-order valence-corrected chi connectivity index (χ0v) is 4.79. The van der Waals surface area contributed by atoms with Crippen LogP contribution in [-0.4, -0.2) is 7.11 Å². The van der Waals surface area contributed by atoms with Crippen LogP contribution in [0.4, 0.5) is 0 Å². The van der Waals surface area contributed by atoms with E-state index >= 15 is 0 Å². The smallest absolute Gasteiger partial charge is 0.129 e. The fourth-order valence-electron chi connectivity index (χ4n) is 0.332. The van der Waals surface area contributed by atoms with E-state index in [1.165, 1.54) is 11.3 Å². The zero-order valence-electron chi connectivity index (χ0n) is 4.97. The molecule has 0 fully saturated rings. The van der Waals surface area contributed by atoms with Crippen molar-refractivity contribution in [2.24, 2.45) is 0 Å². The SMILES string of the molecule is [2H]c1sccc1OC. The van der Waals surface area contributed by atoms with Crippen LogP contribution in [-0.2, 0) is 0 Å². The van der Waals surface area contributed by atoms with E-state index in [1.807, 2.05) is 5.38 Å². The summed E-state index contributed by atoms with van der Waals surface area (Å²) in [6.07, 6.45) is 0. The predicted molar refractivity (Wildman–Crippen MR) is 30.9 cm³/mol. The van der Waals surface area contributed by atoms with Gasteiger partial charge in [0.25, 0.3) is 0 Å². The summed E-state index contributed by atoms with van der Waals surface area (Å²) in [6.45, 7) is 0. The lowest BCUT2D eigenvalue weighted by atomic mass is 10.6. The lowest BCUT2D eigenvalue weighted by Crippen LogP contribution is -1.74. The Labute approximate surface area is 48.0 Å². The summed E-state index contributed by atoms with van der Waals surface area (Å²) in [7, 11) is 1.57. The molecule has 1 nitrogen and oxygen atoms in total. The first-order valence-electron chi connectivity index (χ1n) is 2.42. The molecule has 0 atom stereocenters. The van der Waals surface area contributed by atoms with E-state index in [4.69, 9.17) is 6.11 Å². The van der Waals surface area contributed by atoms with Gasteiger partial charge in [-0.05, 0) is 11.4 Å². The second-order valence-electron chi connectivity index (χ2n) is 1.09. The molecule has 0 N–H and O–H groups in total. The van der Waals surface area contributed by atoms with Gasteiger partial charge in [-0.15, -0.1) is 11.3 Å². The number of methoxy groups -OCH3 is 1. The van der Waals surface area contributed by atoms with Crippen molar-refractivity contribution in [3.63, 3.8) is 0 Å². The van der Waals surface area contributed by atoms with E-state index in [0.717, 1.165) is 0 Å². The lowest BCUT2D eigenvalue weighted by Gasteiger charge is -1.86. The third kappa shape index (κ3) is 0.933. The van der Waals surface area contributed by atoms with Gasteiger partial charge < -0.3 is 4.74 Å². The quantitative estimate of drug-likeness (QED) is 0.542. The summed E-state index contributed by atoms with van der Waals surface area (Å²) >= 11 is 1.37. The molecule has 1 aromatic heterocycles. The summed E-state index contributed by atoms with van der Waals surface area (Å²) in [5.41, 5.74) is 0. The molecule has 0 bridgehead atoms. The first kappa shape index (κ1) is 3.50. The fraction of sp³-hybridized carbons (Fsp3) is 0.200. The van der Waals surface area contributed by atoms with Gasteiger partial charge in [0.2, 0.25) is 0 Å². The van der Waals surface area contributed by atoms with Crippen LogP contribution >= 0.6 is 11.3 Å². The molecule has 0 aliphatic carbocycles. The Bertz CT molecular complexity index is 173. The summed E-state index contributed by atoms with van der Waals surface area (Å²) in [5.74, 6) is 0.662. The fourth-order valence-corrected chi connectivity index (χ4v) is 0.859. The topological polar surface area (TPSA) is 9.23 Å². The Morgan fingerprint density at radius 3 is 3.14 bits per heavy atom. The summed E-state index contributed by atoms with van der Waals surface area (Å²) in [5, 5.41) is 2.33. The van der Waals surface area contributed by atoms with Gasteiger partial charge in [-0.1, -0.05) is 0 Å². The van der Waals surface area contributed by atoms with Gasteiger partial charge in [0.1, 0.15) is 5.75 Å². The van der Waals surface area contributed by atoms with Crippen molar-refractivity contribution in [3.05, 3.63) is 16.8 Å². The molecule has 0 unspecified atom stereocenters. The molecule has 0 radical (unpaired) electrons. The highest BCUT2D eigenvalue weighted by molar-refractivity contribution is 7.08. The van der Waals surface area contributed by atoms with E-state index in [0.29, 0.717) is 11.1 Å². The van der Waals surface area contributed by atoms with Crippen LogP contribution in [0, 0.1) is 0 Å². The number of thiophene rings is 1. The first-order valence-corrected chi connectivity index (χ1v) is 2.80. The highest BCUT2D eigenvalue weighted by atomic mass is 32.1. The van der Waals surface area contributed by atoms with Gasteiger partial charge in [0.05, 0.1) is 8.48 Å². The van der Waals surface area contributed by atoms with Crippen LogP contribution in [0.5, 0.6) is 5.75 Å². The van der Waals surface area contributed by atoms with Crippen molar-refractivity contribution in [2.75, 3.05) is 7.11 Å². The predicted octanol–water partition coefficient (Wildman–Crippen LogP) is 1.76. The molecule has 1 aromatic rings. The standard InChI is InChI=1S/C5H6OS/c1-6-5-2-3-7-4-5/h2-4H,1H3/i4D. The number of ether oxygens (including phenoxy) is 1. The van der Waals surface area contributed by atoms with Gasteiger partial charge in [-0.3, -0.25) is 0 Å². The van der Waals surface area contributed by atoms with Crippen LogP contribution < -0.4 is 4.74 Å². The molecule has 0 aliphatic heterocycles. The molecule has 0 saturated carbocycles. The minimum Gasteiger partial charge on any atom is -0.496 e. The Balaban J connectivity index is 2.92. The summed E-state index contributed by atoms with van der Waals surface area (Å²) in [4.78, 5) is 0. The number of hydrogen-bond acceptors (Lipinski definition) is 2. The van der Waals surface area contributed by atoms with Crippen molar-refractivity contribution in [2.45, 2.75) is 0 Å². The number of hydrogen-bond donors (Lipinski definition) is 0. The largest absolute Gasteiger partial charge is 0.496 e. The van der Waals surface area contributed by atoms with Gasteiger partial charge in [0, 0.05) is 5.36 Å². The van der Waals surface area contributed by atoms with E-state index in [2.05, 4.69) is 0 Å². The van der Waals surface area contributed by atoms with Crippen LogP contribution in [0.1, 0.15) is 1.37 Å². The van der Waals surface area contributed by atoms with Gasteiger partial charge >= 0.3 is 0 Å². The minimum atomic E-state index is 0.493. The average Bonchev–Trinajstić information content (AvgIpc) is 2.14. The molecule has 7 heavy (non-hydrogen) atoms. The Morgan fingerprint density at radius 1 is 2.00 bits per heavy atom. The molecular weight excluding hydrogens is 108 g/mol.